The molecule has 0 saturated heterocycles. The zero-order chi connectivity index (χ0) is 25.2. The third-order valence-corrected chi connectivity index (χ3v) is 8.41. The first-order valence-corrected chi connectivity index (χ1v) is 13.0. The molecule has 184 valence electrons. The number of para-hydroxylation sites is 2. The lowest BCUT2D eigenvalue weighted by Crippen LogP contribution is -2.27. The molecule has 2 atom stereocenters. The van der Waals surface area contributed by atoms with Gasteiger partial charge in [0, 0.05) is 52.6 Å². The van der Waals surface area contributed by atoms with Crippen molar-refractivity contribution in [1.82, 2.24) is 19.9 Å². The fraction of sp³-hybridized carbons (Fsp3) is 0.355. The zero-order valence-electron chi connectivity index (χ0n) is 21.8. The Labute approximate surface area is 211 Å². The van der Waals surface area contributed by atoms with E-state index in [0.29, 0.717) is 31.3 Å². The van der Waals surface area contributed by atoms with Gasteiger partial charge in [-0.05, 0) is 67.3 Å². The fourth-order valence-corrected chi connectivity index (χ4v) is 6.58. The first-order chi connectivity index (χ1) is 17.3. The van der Waals surface area contributed by atoms with Gasteiger partial charge in [0.15, 0.2) is 0 Å². The molecule has 5 nitrogen and oxygen atoms in total. The molecular formula is C31H34N4O. The molecule has 1 aliphatic rings. The van der Waals surface area contributed by atoms with Crippen molar-refractivity contribution in [3.8, 4) is 0 Å². The van der Waals surface area contributed by atoms with Crippen LogP contribution in [0.5, 0.6) is 0 Å². The summed E-state index contributed by atoms with van der Waals surface area (Å²) in [5.41, 5.74) is 8.33. The molecule has 0 radical (unpaired) electrons. The lowest BCUT2D eigenvalue weighted by atomic mass is 10.0. The van der Waals surface area contributed by atoms with Gasteiger partial charge in [0.25, 0.3) is 0 Å². The van der Waals surface area contributed by atoms with Gasteiger partial charge < -0.3 is 14.9 Å². The predicted molar refractivity (Wildman–Crippen MR) is 147 cm³/mol. The molecule has 36 heavy (non-hydrogen) atoms. The Morgan fingerprint density at radius 3 is 2.58 bits per heavy atom. The lowest BCUT2D eigenvalue weighted by molar-refractivity contribution is -0.121. The number of aromatic nitrogens is 3. The number of H-pyrrole nitrogens is 1. The van der Waals surface area contributed by atoms with E-state index in [1.54, 1.807) is 0 Å². The minimum Gasteiger partial charge on any atom is -0.358 e. The van der Waals surface area contributed by atoms with Gasteiger partial charge in [-0.3, -0.25) is 4.79 Å². The number of benzene rings is 2. The van der Waals surface area contributed by atoms with Gasteiger partial charge in [0.2, 0.25) is 5.91 Å². The van der Waals surface area contributed by atoms with Gasteiger partial charge in [-0.2, -0.15) is 0 Å². The molecule has 0 aliphatic heterocycles. The maximum absolute atomic E-state index is 13.1. The molecule has 3 aromatic heterocycles. The van der Waals surface area contributed by atoms with Gasteiger partial charge in [0.1, 0.15) is 5.65 Å². The van der Waals surface area contributed by atoms with Crippen molar-refractivity contribution in [2.24, 2.45) is 11.3 Å². The summed E-state index contributed by atoms with van der Waals surface area (Å²) in [5, 5.41) is 6.93. The van der Waals surface area contributed by atoms with Crippen LogP contribution in [-0.2, 0) is 11.3 Å². The molecule has 0 spiro atoms. The monoisotopic (exact) mass is 478 g/mol. The smallest absolute Gasteiger partial charge is 0.220 e. The van der Waals surface area contributed by atoms with E-state index < -0.39 is 0 Å². The number of hydrogen-bond donors (Lipinski definition) is 2. The molecule has 1 fully saturated rings. The highest BCUT2D eigenvalue weighted by atomic mass is 16.1. The number of fused-ring (bicyclic) bond motifs is 4. The van der Waals surface area contributed by atoms with E-state index in [-0.39, 0.29) is 11.3 Å². The fourth-order valence-electron chi connectivity index (χ4n) is 6.58. The Hall–Kier alpha value is -3.60. The molecule has 0 unspecified atom stereocenters. The third kappa shape index (κ3) is 3.52. The van der Waals surface area contributed by atoms with Gasteiger partial charge in [-0.15, -0.1) is 0 Å². The van der Waals surface area contributed by atoms with Crippen LogP contribution >= 0.6 is 0 Å². The van der Waals surface area contributed by atoms with E-state index in [0.717, 1.165) is 11.3 Å². The number of rotatable bonds is 6. The van der Waals surface area contributed by atoms with Gasteiger partial charge >= 0.3 is 0 Å². The molecular weight excluding hydrogens is 444 g/mol. The average molecular weight is 479 g/mol. The van der Waals surface area contributed by atoms with E-state index in [4.69, 9.17) is 4.98 Å². The van der Waals surface area contributed by atoms with Gasteiger partial charge in [0.05, 0.1) is 5.52 Å². The Morgan fingerprint density at radius 1 is 1.06 bits per heavy atom. The molecule has 6 rings (SSSR count). The average Bonchev–Trinajstić information content (AvgIpc) is 3.10. The van der Waals surface area contributed by atoms with Crippen LogP contribution in [0.4, 0.5) is 0 Å². The summed E-state index contributed by atoms with van der Waals surface area (Å²) in [6.07, 6.45) is 0.556. The zero-order valence-corrected chi connectivity index (χ0v) is 21.8. The number of amides is 1. The number of hydrogen-bond acceptors (Lipinski definition) is 2. The normalized spacial score (nSPS) is 18.8. The molecule has 0 bridgehead atoms. The highest BCUT2D eigenvalue weighted by Gasteiger charge is 2.59. The first-order valence-electron chi connectivity index (χ1n) is 13.0. The number of pyridine rings is 1. The summed E-state index contributed by atoms with van der Waals surface area (Å²) in [4.78, 5) is 21.5. The summed E-state index contributed by atoms with van der Waals surface area (Å²) in [6, 6.07) is 19.1. The second kappa shape index (κ2) is 8.22. The summed E-state index contributed by atoms with van der Waals surface area (Å²) in [7, 11) is 0. The van der Waals surface area contributed by atoms with Crippen LogP contribution in [0.25, 0.3) is 32.8 Å². The number of carbonyl (C=O) groups is 1. The molecule has 1 aliphatic carbocycles. The van der Waals surface area contributed by atoms with E-state index in [2.05, 4.69) is 97.2 Å². The highest BCUT2D eigenvalue weighted by Crippen LogP contribution is 2.67. The number of nitrogens with one attached hydrogen (secondary N) is 2. The van der Waals surface area contributed by atoms with E-state index in [9.17, 15) is 4.79 Å². The molecule has 1 amide bonds. The Kier molecular flexibility index (Phi) is 5.22. The summed E-state index contributed by atoms with van der Waals surface area (Å²) >= 11 is 0. The molecule has 2 N–H and O–H groups in total. The Morgan fingerprint density at radius 2 is 1.78 bits per heavy atom. The number of aryl methyl sites for hydroxylation is 3. The summed E-state index contributed by atoms with van der Waals surface area (Å²) in [6.45, 7) is 12.2. The third-order valence-electron chi connectivity index (χ3n) is 8.41. The van der Waals surface area contributed by atoms with Crippen molar-refractivity contribution >= 4 is 38.7 Å². The summed E-state index contributed by atoms with van der Waals surface area (Å²) < 4.78 is 2.25. The van der Waals surface area contributed by atoms with Crippen molar-refractivity contribution in [2.45, 2.75) is 53.5 Å². The Balaban J connectivity index is 1.18. The van der Waals surface area contributed by atoms with Crippen LogP contribution in [0.15, 0.2) is 54.6 Å². The Bertz CT molecular complexity index is 1640. The van der Waals surface area contributed by atoms with E-state index in [1.807, 2.05) is 6.92 Å². The van der Waals surface area contributed by atoms with Crippen molar-refractivity contribution in [3.05, 3.63) is 77.1 Å². The quantitative estimate of drug-likeness (QED) is 0.291. The minimum atomic E-state index is 0.110. The van der Waals surface area contributed by atoms with Crippen molar-refractivity contribution in [3.63, 3.8) is 0 Å². The standard InChI is InChI=1S/C31H34N4O/c1-18-16-19(2)33-30-27(18)22-11-7-9-13-25(22)35(30)15-14-32-26(36)17-23-29(31(23,4)5)28-20(3)34-24-12-8-6-10-21(24)28/h6-13,16,23,29,34H,14-15,17H2,1-5H3,(H,32,36)/t23-,29-/m1/s1. The van der Waals surface area contributed by atoms with Crippen molar-refractivity contribution < 1.29 is 4.79 Å². The number of carbonyl (C=O) groups excluding carboxylic acids is 1. The van der Waals surface area contributed by atoms with Gasteiger partial charge in [-0.1, -0.05) is 50.2 Å². The summed E-state index contributed by atoms with van der Waals surface area (Å²) in [5.74, 6) is 0.872. The van der Waals surface area contributed by atoms with E-state index >= 15 is 0 Å². The molecule has 1 saturated carbocycles. The van der Waals surface area contributed by atoms with Crippen LogP contribution in [0, 0.1) is 32.1 Å². The molecule has 2 aromatic carbocycles. The van der Waals surface area contributed by atoms with Crippen LogP contribution in [0.2, 0.25) is 0 Å². The maximum atomic E-state index is 13.1. The first kappa shape index (κ1) is 22.8. The minimum absolute atomic E-state index is 0.110. The van der Waals surface area contributed by atoms with Crippen molar-refractivity contribution in [1.29, 1.82) is 0 Å². The van der Waals surface area contributed by atoms with Crippen LogP contribution in [-0.4, -0.2) is 27.0 Å². The second-order valence-electron chi connectivity index (χ2n) is 11.1. The number of nitrogens with zero attached hydrogens (tertiary/aromatic N) is 2. The van der Waals surface area contributed by atoms with Crippen LogP contribution in [0.1, 0.15) is 48.7 Å². The number of aromatic amines is 1. The van der Waals surface area contributed by atoms with Gasteiger partial charge in [-0.25, -0.2) is 4.98 Å². The maximum Gasteiger partial charge on any atom is 0.220 e. The largest absolute Gasteiger partial charge is 0.358 e. The van der Waals surface area contributed by atoms with E-state index in [1.165, 1.54) is 44.0 Å². The second-order valence-corrected chi connectivity index (χ2v) is 11.1. The topological polar surface area (TPSA) is 62.7 Å². The highest BCUT2D eigenvalue weighted by molar-refractivity contribution is 6.08. The molecule has 5 heteroatoms. The SMILES string of the molecule is Cc1cc(C)c2c3ccccc3n(CCNC(=O)C[C@@H]3[C@H](c4c(C)[nH]c5ccccc45)C3(C)C)c2n1. The van der Waals surface area contributed by atoms with Crippen LogP contribution in [0.3, 0.4) is 0 Å². The van der Waals surface area contributed by atoms with Crippen LogP contribution < -0.4 is 5.32 Å². The van der Waals surface area contributed by atoms with Crippen molar-refractivity contribution in [2.75, 3.05) is 6.54 Å². The molecule has 3 heterocycles. The molecule has 5 aromatic rings. The lowest BCUT2D eigenvalue weighted by Gasteiger charge is -2.10. The predicted octanol–water partition coefficient (Wildman–Crippen LogP) is 6.54.